The molecule has 2 aromatic rings. The highest BCUT2D eigenvalue weighted by Crippen LogP contribution is 2.20. The number of piperazine rings is 1. The lowest BCUT2D eigenvalue weighted by Gasteiger charge is -2.36. The van der Waals surface area contributed by atoms with Crippen molar-refractivity contribution < 1.29 is 18.8 Å². The summed E-state index contributed by atoms with van der Waals surface area (Å²) in [6.07, 6.45) is 0.790. The van der Waals surface area contributed by atoms with Crippen LogP contribution in [0.3, 0.4) is 0 Å². The highest BCUT2D eigenvalue weighted by molar-refractivity contribution is 5.95. The molecule has 0 spiro atoms. The smallest absolute Gasteiger partial charge is 0.322 e. The van der Waals surface area contributed by atoms with Gasteiger partial charge < -0.3 is 25.3 Å². The van der Waals surface area contributed by atoms with E-state index in [0.717, 1.165) is 12.1 Å². The fourth-order valence-corrected chi connectivity index (χ4v) is 3.96. The second-order valence-electron chi connectivity index (χ2n) is 8.89. The quantitative estimate of drug-likeness (QED) is 0.594. The van der Waals surface area contributed by atoms with E-state index in [9.17, 15) is 18.8 Å². The summed E-state index contributed by atoms with van der Waals surface area (Å²) in [5.74, 6) is -0.871. The molecule has 0 saturated carbocycles. The molecule has 2 aromatic carbocycles. The van der Waals surface area contributed by atoms with Crippen molar-refractivity contribution in [1.82, 2.24) is 9.80 Å². The van der Waals surface area contributed by atoms with Crippen LogP contribution in [0.5, 0.6) is 0 Å². The molecule has 0 radical (unpaired) electrons. The van der Waals surface area contributed by atoms with Crippen LogP contribution in [0.1, 0.15) is 27.2 Å². The largest absolute Gasteiger partial charge is 0.368 e. The molecule has 1 fully saturated rings. The Balaban J connectivity index is 1.49. The Morgan fingerprint density at radius 1 is 0.971 bits per heavy atom. The maximum atomic E-state index is 13.8. The molecule has 1 aliphatic heterocycles. The van der Waals surface area contributed by atoms with Gasteiger partial charge in [-0.3, -0.25) is 9.59 Å². The van der Waals surface area contributed by atoms with Crippen LogP contribution in [0.2, 0.25) is 0 Å². The van der Waals surface area contributed by atoms with Crippen LogP contribution in [0.15, 0.2) is 48.5 Å². The van der Waals surface area contributed by atoms with Gasteiger partial charge in [-0.25, -0.2) is 9.18 Å². The zero-order chi connectivity index (χ0) is 25.4. The van der Waals surface area contributed by atoms with Crippen molar-refractivity contribution in [2.45, 2.75) is 27.2 Å². The molecule has 0 unspecified atom stereocenters. The zero-order valence-electron chi connectivity index (χ0n) is 20.6. The highest BCUT2D eigenvalue weighted by atomic mass is 19.1. The molecule has 35 heavy (non-hydrogen) atoms. The fraction of sp³-hybridized carbons (Fsp3) is 0.423. The maximum Gasteiger partial charge on any atom is 0.322 e. The molecule has 1 heterocycles. The third-order valence-electron chi connectivity index (χ3n) is 5.83. The van der Waals surface area contributed by atoms with Crippen LogP contribution < -0.4 is 15.5 Å². The van der Waals surface area contributed by atoms with Crippen LogP contribution in [-0.4, -0.2) is 66.9 Å². The highest BCUT2D eigenvalue weighted by Gasteiger charge is 2.22. The number of nitrogens with zero attached hydrogens (tertiary/aromatic N) is 3. The molecule has 0 bridgehead atoms. The number of nitrogens with one attached hydrogen (secondary N) is 2. The van der Waals surface area contributed by atoms with Gasteiger partial charge in [-0.2, -0.15) is 0 Å². The Labute approximate surface area is 206 Å². The van der Waals surface area contributed by atoms with E-state index in [0.29, 0.717) is 38.4 Å². The summed E-state index contributed by atoms with van der Waals surface area (Å²) in [6, 6.07) is 13.3. The minimum Gasteiger partial charge on any atom is -0.368 e. The van der Waals surface area contributed by atoms with Gasteiger partial charge in [0.2, 0.25) is 11.8 Å². The minimum atomic E-state index is -0.462. The number of halogens is 1. The number of urea groups is 1. The lowest BCUT2D eigenvalue weighted by molar-refractivity contribution is -0.137. The summed E-state index contributed by atoms with van der Waals surface area (Å²) in [5.41, 5.74) is 1.82. The molecule has 2 N–H and O–H groups in total. The van der Waals surface area contributed by atoms with Crippen molar-refractivity contribution in [2.75, 3.05) is 54.8 Å². The Morgan fingerprint density at radius 2 is 1.63 bits per heavy atom. The zero-order valence-corrected chi connectivity index (χ0v) is 20.6. The molecule has 0 aliphatic carbocycles. The minimum absolute atomic E-state index is 0.0286. The van der Waals surface area contributed by atoms with E-state index in [4.69, 9.17) is 0 Å². The van der Waals surface area contributed by atoms with Crippen LogP contribution in [0.25, 0.3) is 0 Å². The van der Waals surface area contributed by atoms with Crippen molar-refractivity contribution in [3.8, 4) is 0 Å². The summed E-state index contributed by atoms with van der Waals surface area (Å²) in [5, 5.41) is 5.48. The summed E-state index contributed by atoms with van der Waals surface area (Å²) in [6.45, 7) is 8.52. The van der Waals surface area contributed by atoms with E-state index >= 15 is 0 Å². The summed E-state index contributed by atoms with van der Waals surface area (Å²) in [7, 11) is 0. The molecule has 0 aromatic heterocycles. The Kier molecular flexibility index (Phi) is 9.05. The van der Waals surface area contributed by atoms with E-state index in [1.165, 1.54) is 12.1 Å². The summed E-state index contributed by atoms with van der Waals surface area (Å²) >= 11 is 0. The topological polar surface area (TPSA) is 85.0 Å². The van der Waals surface area contributed by atoms with Gasteiger partial charge in [-0.1, -0.05) is 32.9 Å². The number of anilines is 3. The number of para-hydroxylation sites is 1. The maximum absolute atomic E-state index is 13.8. The number of carbonyl (C=O) groups is 3. The normalized spacial score (nSPS) is 13.5. The number of rotatable bonds is 8. The van der Waals surface area contributed by atoms with E-state index < -0.39 is 5.82 Å². The molecule has 1 saturated heterocycles. The molecule has 4 amide bonds. The first kappa shape index (κ1) is 26.0. The Bertz CT molecular complexity index is 1020. The van der Waals surface area contributed by atoms with Gasteiger partial charge in [0.05, 0.1) is 12.2 Å². The van der Waals surface area contributed by atoms with Crippen LogP contribution in [0.4, 0.5) is 26.2 Å². The SMILES string of the molecule is CCCN(CC(=O)Nc1ccc(N2CCN(C(=O)Nc3ccccc3F)CC2)cc1)C(=O)C(C)C. The summed E-state index contributed by atoms with van der Waals surface area (Å²) < 4.78 is 13.8. The standard InChI is InChI=1S/C26H34FN5O3/c1-4-13-32(25(34)19(2)3)18-24(33)28-20-9-11-21(12-10-20)30-14-16-31(17-15-30)26(35)29-23-8-6-5-7-22(23)27/h5-12,19H,4,13-18H2,1-3H3,(H,28,33)(H,29,35). The lowest BCUT2D eigenvalue weighted by atomic mass is 10.2. The third-order valence-corrected chi connectivity index (χ3v) is 5.83. The second kappa shape index (κ2) is 12.2. The molecule has 9 heteroatoms. The van der Waals surface area contributed by atoms with Crippen molar-refractivity contribution in [3.63, 3.8) is 0 Å². The van der Waals surface area contributed by atoms with Gasteiger partial charge in [0.25, 0.3) is 0 Å². The molecular formula is C26H34FN5O3. The average molecular weight is 484 g/mol. The Hall–Kier alpha value is -3.62. The Morgan fingerprint density at radius 3 is 2.23 bits per heavy atom. The second-order valence-corrected chi connectivity index (χ2v) is 8.89. The van der Waals surface area contributed by atoms with E-state index in [-0.39, 0.29) is 36.0 Å². The lowest BCUT2D eigenvalue weighted by Crippen LogP contribution is -2.50. The number of carbonyl (C=O) groups excluding carboxylic acids is 3. The van der Waals surface area contributed by atoms with Crippen molar-refractivity contribution in [3.05, 3.63) is 54.3 Å². The summed E-state index contributed by atoms with van der Waals surface area (Å²) in [4.78, 5) is 42.7. The molecular weight excluding hydrogens is 449 g/mol. The first-order valence-electron chi connectivity index (χ1n) is 12.0. The average Bonchev–Trinajstić information content (AvgIpc) is 2.85. The van der Waals surface area contributed by atoms with Gasteiger partial charge in [-0.15, -0.1) is 0 Å². The third kappa shape index (κ3) is 7.18. The number of amides is 4. The first-order valence-corrected chi connectivity index (χ1v) is 12.0. The fourth-order valence-electron chi connectivity index (χ4n) is 3.96. The molecule has 3 rings (SSSR count). The number of hydrogen-bond acceptors (Lipinski definition) is 4. The van der Waals surface area contributed by atoms with Crippen LogP contribution >= 0.6 is 0 Å². The first-order chi connectivity index (χ1) is 16.8. The molecule has 1 aliphatic rings. The van der Waals surface area contributed by atoms with Gasteiger partial charge in [0.1, 0.15) is 5.82 Å². The molecule has 8 nitrogen and oxygen atoms in total. The number of benzene rings is 2. The number of hydrogen-bond donors (Lipinski definition) is 2. The van der Waals surface area contributed by atoms with Crippen molar-refractivity contribution in [1.29, 1.82) is 0 Å². The van der Waals surface area contributed by atoms with Crippen molar-refractivity contribution in [2.24, 2.45) is 5.92 Å². The molecule has 188 valence electrons. The predicted octanol–water partition coefficient (Wildman–Crippen LogP) is 4.01. The monoisotopic (exact) mass is 483 g/mol. The van der Waals surface area contributed by atoms with Crippen LogP contribution in [-0.2, 0) is 9.59 Å². The van der Waals surface area contributed by atoms with Gasteiger partial charge >= 0.3 is 6.03 Å². The van der Waals surface area contributed by atoms with E-state index in [1.807, 2.05) is 45.0 Å². The predicted molar refractivity (Wildman–Crippen MR) is 136 cm³/mol. The van der Waals surface area contributed by atoms with Gasteiger partial charge in [0, 0.05) is 50.0 Å². The van der Waals surface area contributed by atoms with Crippen LogP contribution in [0, 0.1) is 11.7 Å². The van der Waals surface area contributed by atoms with E-state index in [1.54, 1.807) is 21.9 Å². The van der Waals surface area contributed by atoms with Gasteiger partial charge in [-0.05, 0) is 42.8 Å². The van der Waals surface area contributed by atoms with Gasteiger partial charge in [0.15, 0.2) is 0 Å². The van der Waals surface area contributed by atoms with E-state index in [2.05, 4.69) is 15.5 Å². The molecule has 0 atom stereocenters. The van der Waals surface area contributed by atoms with Crippen molar-refractivity contribution >= 4 is 34.9 Å².